The van der Waals surface area contributed by atoms with Crippen molar-refractivity contribution in [3.8, 4) is 5.75 Å². The van der Waals surface area contributed by atoms with Gasteiger partial charge < -0.3 is 10.8 Å². The Morgan fingerprint density at radius 1 is 1.29 bits per heavy atom. The van der Waals surface area contributed by atoms with E-state index in [1.165, 1.54) is 5.56 Å². The minimum Gasteiger partial charge on any atom is -0.508 e. The van der Waals surface area contributed by atoms with E-state index in [9.17, 15) is 5.11 Å². The van der Waals surface area contributed by atoms with Crippen LogP contribution >= 0.6 is 12.4 Å². The molecule has 0 atom stereocenters. The molecule has 80 valence electrons. The van der Waals surface area contributed by atoms with E-state index in [-0.39, 0.29) is 23.6 Å². The van der Waals surface area contributed by atoms with Crippen molar-refractivity contribution in [2.75, 3.05) is 0 Å². The molecule has 0 heterocycles. The third-order valence-corrected chi connectivity index (χ3v) is 2.17. The fraction of sp³-hybridized carbons (Fsp3) is 0.455. The summed E-state index contributed by atoms with van der Waals surface area (Å²) < 4.78 is 0. The van der Waals surface area contributed by atoms with Crippen LogP contribution < -0.4 is 5.73 Å². The van der Waals surface area contributed by atoms with Crippen LogP contribution in [-0.2, 0) is 12.0 Å². The molecule has 0 spiro atoms. The molecule has 0 aliphatic carbocycles. The molecule has 14 heavy (non-hydrogen) atoms. The van der Waals surface area contributed by atoms with E-state index in [2.05, 4.69) is 20.8 Å². The molecule has 3 heteroatoms. The number of hydrogen-bond acceptors (Lipinski definition) is 2. The SMILES string of the molecule is CC(C)(C)c1ccc(O)c(CN)c1.Cl. The van der Waals surface area contributed by atoms with Crippen molar-refractivity contribution in [3.63, 3.8) is 0 Å². The lowest BCUT2D eigenvalue weighted by atomic mass is 9.86. The Hall–Kier alpha value is -0.730. The van der Waals surface area contributed by atoms with E-state index in [1.807, 2.05) is 12.1 Å². The number of phenols is 1. The summed E-state index contributed by atoms with van der Waals surface area (Å²) in [5.41, 5.74) is 7.62. The molecular formula is C11H18ClNO. The Morgan fingerprint density at radius 3 is 2.29 bits per heavy atom. The van der Waals surface area contributed by atoms with Crippen LogP contribution in [0.3, 0.4) is 0 Å². The van der Waals surface area contributed by atoms with Crippen LogP contribution in [0.2, 0.25) is 0 Å². The maximum atomic E-state index is 9.42. The van der Waals surface area contributed by atoms with Crippen molar-refractivity contribution in [1.82, 2.24) is 0 Å². The third kappa shape index (κ3) is 2.89. The van der Waals surface area contributed by atoms with Gasteiger partial charge in [0.1, 0.15) is 5.75 Å². The molecule has 0 aromatic heterocycles. The largest absolute Gasteiger partial charge is 0.508 e. The first-order valence-corrected chi connectivity index (χ1v) is 4.47. The van der Waals surface area contributed by atoms with Crippen molar-refractivity contribution < 1.29 is 5.11 Å². The Kier molecular flexibility index (Phi) is 4.43. The molecule has 0 unspecified atom stereocenters. The lowest BCUT2D eigenvalue weighted by molar-refractivity contribution is 0.467. The molecule has 0 fully saturated rings. The van der Waals surface area contributed by atoms with Gasteiger partial charge in [0.15, 0.2) is 0 Å². The van der Waals surface area contributed by atoms with Crippen LogP contribution in [0.5, 0.6) is 5.75 Å². The third-order valence-electron chi connectivity index (χ3n) is 2.17. The molecular weight excluding hydrogens is 198 g/mol. The first-order valence-electron chi connectivity index (χ1n) is 4.47. The average Bonchev–Trinajstić information content (AvgIpc) is 2.03. The second-order valence-corrected chi connectivity index (χ2v) is 4.30. The maximum absolute atomic E-state index is 9.42. The fourth-order valence-electron chi connectivity index (χ4n) is 1.22. The average molecular weight is 216 g/mol. The van der Waals surface area contributed by atoms with Gasteiger partial charge in [0.25, 0.3) is 0 Å². The summed E-state index contributed by atoms with van der Waals surface area (Å²) in [4.78, 5) is 0. The molecule has 0 saturated carbocycles. The van der Waals surface area contributed by atoms with Gasteiger partial charge in [0, 0.05) is 12.1 Å². The van der Waals surface area contributed by atoms with Crippen LogP contribution in [0.1, 0.15) is 31.9 Å². The highest BCUT2D eigenvalue weighted by atomic mass is 35.5. The van der Waals surface area contributed by atoms with E-state index in [1.54, 1.807) is 6.07 Å². The molecule has 0 bridgehead atoms. The van der Waals surface area contributed by atoms with Gasteiger partial charge in [-0.2, -0.15) is 0 Å². The van der Waals surface area contributed by atoms with Gasteiger partial charge in [0.05, 0.1) is 0 Å². The first kappa shape index (κ1) is 13.3. The number of aromatic hydroxyl groups is 1. The second kappa shape index (κ2) is 4.67. The number of hydrogen-bond donors (Lipinski definition) is 2. The van der Waals surface area contributed by atoms with Crippen LogP contribution in [-0.4, -0.2) is 5.11 Å². The van der Waals surface area contributed by atoms with E-state index in [4.69, 9.17) is 5.73 Å². The number of benzene rings is 1. The monoisotopic (exact) mass is 215 g/mol. The van der Waals surface area contributed by atoms with Crippen molar-refractivity contribution in [1.29, 1.82) is 0 Å². The van der Waals surface area contributed by atoms with Crippen LogP contribution in [0.4, 0.5) is 0 Å². The zero-order chi connectivity index (χ0) is 10.1. The molecule has 0 saturated heterocycles. The molecule has 0 amide bonds. The Labute approximate surface area is 91.5 Å². The van der Waals surface area contributed by atoms with Crippen molar-refractivity contribution >= 4 is 12.4 Å². The summed E-state index contributed by atoms with van der Waals surface area (Å²) in [5.74, 6) is 0.288. The predicted octanol–water partition coefficient (Wildman–Crippen LogP) is 2.57. The van der Waals surface area contributed by atoms with E-state index in [0.29, 0.717) is 6.54 Å². The van der Waals surface area contributed by atoms with Crippen LogP contribution in [0.15, 0.2) is 18.2 Å². The Morgan fingerprint density at radius 2 is 1.86 bits per heavy atom. The highest BCUT2D eigenvalue weighted by Gasteiger charge is 2.14. The zero-order valence-corrected chi connectivity index (χ0v) is 9.69. The normalized spacial score (nSPS) is 10.9. The summed E-state index contributed by atoms with van der Waals surface area (Å²) in [7, 11) is 0. The van der Waals surface area contributed by atoms with Crippen molar-refractivity contribution in [2.24, 2.45) is 5.73 Å². The molecule has 1 aromatic rings. The maximum Gasteiger partial charge on any atom is 0.120 e. The summed E-state index contributed by atoms with van der Waals surface area (Å²) in [6, 6.07) is 5.62. The van der Waals surface area contributed by atoms with Gasteiger partial charge in [-0.15, -0.1) is 12.4 Å². The lowest BCUT2D eigenvalue weighted by Crippen LogP contribution is -2.11. The smallest absolute Gasteiger partial charge is 0.120 e. The minimum atomic E-state index is 0. The predicted molar refractivity (Wildman–Crippen MR) is 61.9 cm³/mol. The summed E-state index contributed by atoms with van der Waals surface area (Å²) in [5, 5.41) is 9.42. The van der Waals surface area contributed by atoms with E-state index < -0.39 is 0 Å². The molecule has 2 nitrogen and oxygen atoms in total. The Balaban J connectivity index is 0.00000169. The first-order chi connectivity index (χ1) is 5.95. The topological polar surface area (TPSA) is 46.2 Å². The van der Waals surface area contributed by atoms with Gasteiger partial charge in [-0.3, -0.25) is 0 Å². The van der Waals surface area contributed by atoms with Crippen LogP contribution in [0, 0.1) is 0 Å². The molecule has 1 rings (SSSR count). The zero-order valence-electron chi connectivity index (χ0n) is 8.87. The van der Waals surface area contributed by atoms with Gasteiger partial charge in [-0.1, -0.05) is 32.9 Å². The lowest BCUT2D eigenvalue weighted by Gasteiger charge is -2.20. The summed E-state index contributed by atoms with van der Waals surface area (Å²) >= 11 is 0. The highest BCUT2D eigenvalue weighted by molar-refractivity contribution is 5.85. The highest BCUT2D eigenvalue weighted by Crippen LogP contribution is 2.26. The summed E-state index contributed by atoms with van der Waals surface area (Å²) in [6.07, 6.45) is 0. The van der Waals surface area contributed by atoms with Crippen LogP contribution in [0.25, 0.3) is 0 Å². The second-order valence-electron chi connectivity index (χ2n) is 4.30. The van der Waals surface area contributed by atoms with Gasteiger partial charge >= 0.3 is 0 Å². The molecule has 0 aliphatic heterocycles. The summed E-state index contributed by atoms with van der Waals surface area (Å²) in [6.45, 7) is 6.80. The minimum absolute atomic E-state index is 0. The van der Waals surface area contributed by atoms with E-state index in [0.717, 1.165) is 5.56 Å². The number of nitrogens with two attached hydrogens (primary N) is 1. The Bertz CT molecular complexity index is 305. The van der Waals surface area contributed by atoms with Crippen molar-refractivity contribution in [3.05, 3.63) is 29.3 Å². The number of phenolic OH excluding ortho intramolecular Hbond substituents is 1. The molecule has 1 aromatic carbocycles. The molecule has 3 N–H and O–H groups in total. The standard InChI is InChI=1S/C11H17NO.ClH/c1-11(2,3)9-4-5-10(13)8(6-9)7-12;/h4-6,13H,7,12H2,1-3H3;1H. The van der Waals surface area contributed by atoms with Crippen molar-refractivity contribution in [2.45, 2.75) is 32.7 Å². The van der Waals surface area contributed by atoms with E-state index >= 15 is 0 Å². The fourth-order valence-corrected chi connectivity index (χ4v) is 1.22. The van der Waals surface area contributed by atoms with Gasteiger partial charge in [-0.25, -0.2) is 0 Å². The quantitative estimate of drug-likeness (QED) is 0.757. The molecule has 0 aliphatic rings. The van der Waals surface area contributed by atoms with Gasteiger partial charge in [-0.05, 0) is 17.0 Å². The number of rotatable bonds is 1. The number of halogens is 1. The molecule has 0 radical (unpaired) electrons. The van der Waals surface area contributed by atoms with Gasteiger partial charge in [0.2, 0.25) is 0 Å².